The van der Waals surface area contributed by atoms with Gasteiger partial charge in [-0.05, 0) is 36.2 Å². The molecule has 0 saturated carbocycles. The lowest BCUT2D eigenvalue weighted by Gasteiger charge is -2.26. The van der Waals surface area contributed by atoms with E-state index in [2.05, 4.69) is 5.32 Å². The van der Waals surface area contributed by atoms with Gasteiger partial charge in [0.05, 0.1) is 19.9 Å². The lowest BCUT2D eigenvalue weighted by atomic mass is 10.1. The molecular weight excluding hydrogens is 348 g/mol. The lowest BCUT2D eigenvalue weighted by Crippen LogP contribution is -2.35. The molecule has 1 aliphatic heterocycles. The topological polar surface area (TPSA) is 77.1 Å². The number of aryl methyl sites for hydroxylation is 1. The molecule has 2 amide bonds. The van der Waals surface area contributed by atoms with Crippen LogP contribution in [-0.2, 0) is 16.0 Å². The molecule has 1 aliphatic rings. The van der Waals surface area contributed by atoms with Crippen LogP contribution in [0.3, 0.4) is 0 Å². The molecule has 3 rings (SSSR count). The van der Waals surface area contributed by atoms with Crippen molar-refractivity contribution in [3.63, 3.8) is 0 Å². The van der Waals surface area contributed by atoms with Gasteiger partial charge < -0.3 is 24.4 Å². The number of amides is 2. The molecule has 0 aromatic heterocycles. The van der Waals surface area contributed by atoms with E-state index in [9.17, 15) is 9.59 Å². The highest BCUT2D eigenvalue weighted by atomic mass is 16.5. The Morgan fingerprint density at radius 2 is 1.93 bits per heavy atom. The van der Waals surface area contributed by atoms with Gasteiger partial charge in [0.15, 0.2) is 18.1 Å². The minimum atomic E-state index is -0.107. The molecule has 1 heterocycles. The van der Waals surface area contributed by atoms with Crippen molar-refractivity contribution in [2.45, 2.75) is 12.8 Å². The van der Waals surface area contributed by atoms with Crippen LogP contribution in [0.15, 0.2) is 36.4 Å². The summed E-state index contributed by atoms with van der Waals surface area (Å²) >= 11 is 0. The molecule has 0 unspecified atom stereocenters. The van der Waals surface area contributed by atoms with Gasteiger partial charge in [-0.1, -0.05) is 6.07 Å². The van der Waals surface area contributed by atoms with E-state index in [0.29, 0.717) is 41.5 Å². The van der Waals surface area contributed by atoms with Crippen LogP contribution in [-0.4, -0.2) is 39.7 Å². The van der Waals surface area contributed by atoms with Gasteiger partial charge in [0, 0.05) is 25.2 Å². The van der Waals surface area contributed by atoms with Gasteiger partial charge in [0.1, 0.15) is 5.75 Å². The Balaban J connectivity index is 1.61. The number of methoxy groups -OCH3 is 2. The summed E-state index contributed by atoms with van der Waals surface area (Å²) < 4.78 is 15.9. The molecule has 0 saturated heterocycles. The number of rotatable bonds is 6. The maximum Gasteiger partial charge on any atom is 0.264 e. The number of benzene rings is 2. The van der Waals surface area contributed by atoms with E-state index < -0.39 is 0 Å². The zero-order valence-corrected chi connectivity index (χ0v) is 15.6. The van der Waals surface area contributed by atoms with Crippen molar-refractivity contribution in [3.05, 3.63) is 42.0 Å². The third kappa shape index (κ3) is 4.13. The predicted molar refractivity (Wildman–Crippen MR) is 102 cm³/mol. The number of carbonyl (C=O) groups is 2. The van der Waals surface area contributed by atoms with Crippen molar-refractivity contribution in [2.24, 2.45) is 0 Å². The van der Waals surface area contributed by atoms with Gasteiger partial charge in [-0.25, -0.2) is 0 Å². The predicted octanol–water partition coefficient (Wildman–Crippen LogP) is 2.63. The average molecular weight is 370 g/mol. The maximum absolute atomic E-state index is 12.3. The number of hydrogen-bond acceptors (Lipinski definition) is 5. The van der Waals surface area contributed by atoms with Crippen LogP contribution in [0.5, 0.6) is 17.2 Å². The van der Waals surface area contributed by atoms with Crippen molar-refractivity contribution in [2.75, 3.05) is 38.1 Å². The Kier molecular flexibility index (Phi) is 5.49. The fourth-order valence-electron chi connectivity index (χ4n) is 2.87. The van der Waals surface area contributed by atoms with Crippen LogP contribution >= 0.6 is 0 Å². The second-order valence-corrected chi connectivity index (χ2v) is 6.16. The standard InChI is InChI=1S/C20H22N2O5/c1-22-15-7-6-14(11-17(15)27-12-20(22)24)21-19(23)9-5-13-4-8-16(25-2)18(10-13)26-3/h4,6-8,10-11H,5,9,12H2,1-3H3,(H,21,23). The van der Waals surface area contributed by atoms with Crippen molar-refractivity contribution in [1.29, 1.82) is 0 Å². The molecule has 0 fully saturated rings. The molecule has 2 aromatic rings. The molecule has 7 nitrogen and oxygen atoms in total. The number of nitrogens with one attached hydrogen (secondary N) is 1. The molecule has 0 atom stereocenters. The zero-order valence-electron chi connectivity index (χ0n) is 15.6. The molecule has 0 spiro atoms. The molecule has 27 heavy (non-hydrogen) atoms. The highest BCUT2D eigenvalue weighted by Crippen LogP contribution is 2.33. The van der Waals surface area contributed by atoms with E-state index in [-0.39, 0.29) is 18.4 Å². The summed E-state index contributed by atoms with van der Waals surface area (Å²) in [5, 5.41) is 2.86. The maximum atomic E-state index is 12.3. The quantitative estimate of drug-likeness (QED) is 0.846. The van der Waals surface area contributed by atoms with Crippen LogP contribution in [0.4, 0.5) is 11.4 Å². The second kappa shape index (κ2) is 7.99. The Labute approximate surface area is 157 Å². The van der Waals surface area contributed by atoms with Crippen LogP contribution in [0, 0.1) is 0 Å². The van der Waals surface area contributed by atoms with Crippen molar-refractivity contribution in [3.8, 4) is 17.2 Å². The first-order chi connectivity index (χ1) is 13.0. The highest BCUT2D eigenvalue weighted by molar-refractivity contribution is 5.98. The third-order valence-electron chi connectivity index (χ3n) is 4.42. The Hall–Kier alpha value is -3.22. The normalized spacial score (nSPS) is 12.9. The van der Waals surface area contributed by atoms with Crippen LogP contribution in [0.1, 0.15) is 12.0 Å². The number of likely N-dealkylation sites (N-methyl/N-ethyl adjacent to an activating group) is 1. The largest absolute Gasteiger partial charge is 0.493 e. The van der Waals surface area contributed by atoms with Gasteiger partial charge in [-0.15, -0.1) is 0 Å². The molecule has 0 radical (unpaired) electrons. The summed E-state index contributed by atoms with van der Waals surface area (Å²) in [6.07, 6.45) is 0.899. The molecule has 142 valence electrons. The monoisotopic (exact) mass is 370 g/mol. The van der Waals surface area contributed by atoms with Gasteiger partial charge in [-0.3, -0.25) is 9.59 Å². The van der Waals surface area contributed by atoms with Gasteiger partial charge in [0.25, 0.3) is 5.91 Å². The van der Waals surface area contributed by atoms with Crippen LogP contribution in [0.25, 0.3) is 0 Å². The molecular formula is C20H22N2O5. The smallest absolute Gasteiger partial charge is 0.264 e. The number of nitrogens with zero attached hydrogens (tertiary/aromatic N) is 1. The number of fused-ring (bicyclic) bond motifs is 1. The molecule has 1 N–H and O–H groups in total. The number of carbonyl (C=O) groups excluding carboxylic acids is 2. The van der Waals surface area contributed by atoms with Gasteiger partial charge in [-0.2, -0.15) is 0 Å². The first-order valence-corrected chi connectivity index (χ1v) is 8.56. The van der Waals surface area contributed by atoms with Crippen molar-refractivity contribution < 1.29 is 23.8 Å². The van der Waals surface area contributed by atoms with Crippen LogP contribution < -0.4 is 24.4 Å². The minimum absolute atomic E-state index is 0.000201. The fraction of sp³-hybridized carbons (Fsp3) is 0.300. The lowest BCUT2D eigenvalue weighted by molar-refractivity contribution is -0.121. The van der Waals surface area contributed by atoms with E-state index in [1.165, 1.54) is 0 Å². The van der Waals surface area contributed by atoms with E-state index in [0.717, 1.165) is 5.56 Å². The molecule has 2 aromatic carbocycles. The fourth-order valence-corrected chi connectivity index (χ4v) is 2.87. The summed E-state index contributed by atoms with van der Waals surface area (Å²) in [6.45, 7) is 0.000201. The van der Waals surface area contributed by atoms with Crippen LogP contribution in [0.2, 0.25) is 0 Å². The Morgan fingerprint density at radius 3 is 2.67 bits per heavy atom. The van der Waals surface area contributed by atoms with E-state index in [1.807, 2.05) is 18.2 Å². The van der Waals surface area contributed by atoms with Gasteiger partial charge in [0.2, 0.25) is 5.91 Å². The van der Waals surface area contributed by atoms with Gasteiger partial charge >= 0.3 is 0 Å². The third-order valence-corrected chi connectivity index (χ3v) is 4.42. The summed E-state index contributed by atoms with van der Waals surface area (Å²) in [5.74, 6) is 1.66. The zero-order chi connectivity index (χ0) is 19.4. The van der Waals surface area contributed by atoms with E-state index in [4.69, 9.17) is 14.2 Å². The van der Waals surface area contributed by atoms with Crippen molar-refractivity contribution in [1.82, 2.24) is 0 Å². The summed E-state index contributed by atoms with van der Waals surface area (Å²) in [5.41, 5.74) is 2.31. The van der Waals surface area contributed by atoms with Crippen molar-refractivity contribution >= 4 is 23.2 Å². The summed E-state index contributed by atoms with van der Waals surface area (Å²) in [6, 6.07) is 10.8. The number of ether oxygens (including phenoxy) is 3. The number of anilines is 2. The first-order valence-electron chi connectivity index (χ1n) is 8.56. The second-order valence-electron chi connectivity index (χ2n) is 6.16. The highest BCUT2D eigenvalue weighted by Gasteiger charge is 2.22. The van der Waals surface area contributed by atoms with E-state index in [1.54, 1.807) is 44.4 Å². The SMILES string of the molecule is COc1ccc(CCC(=O)Nc2ccc3c(c2)OCC(=O)N3C)cc1OC. The molecule has 7 heteroatoms. The number of hydrogen-bond donors (Lipinski definition) is 1. The molecule has 0 aliphatic carbocycles. The Morgan fingerprint density at radius 1 is 1.15 bits per heavy atom. The summed E-state index contributed by atoms with van der Waals surface area (Å²) in [7, 11) is 4.86. The first kappa shape index (κ1) is 18.6. The molecule has 0 bridgehead atoms. The van der Waals surface area contributed by atoms with E-state index >= 15 is 0 Å². The Bertz CT molecular complexity index is 865. The summed E-state index contributed by atoms with van der Waals surface area (Å²) in [4.78, 5) is 25.5. The minimum Gasteiger partial charge on any atom is -0.493 e. The average Bonchev–Trinajstić information content (AvgIpc) is 2.69.